The standard InChI is InChI=1S/C15H25N3O3/c1-12(6-9-16)18(2)14(21)17-11-15(10-13(19)20)7-4-3-5-8-15/h12H,3-8,10-11H2,1-2H3,(H,17,21)(H,19,20). The highest BCUT2D eigenvalue weighted by Crippen LogP contribution is 2.38. The summed E-state index contributed by atoms with van der Waals surface area (Å²) in [5.74, 6) is -0.808. The predicted octanol–water partition coefficient (Wildman–Crippen LogP) is 2.36. The molecule has 21 heavy (non-hydrogen) atoms. The van der Waals surface area contributed by atoms with Gasteiger partial charge in [-0.3, -0.25) is 4.79 Å². The highest BCUT2D eigenvalue weighted by Gasteiger charge is 2.35. The van der Waals surface area contributed by atoms with Crippen molar-refractivity contribution in [2.45, 2.75) is 57.9 Å². The van der Waals surface area contributed by atoms with E-state index in [0.29, 0.717) is 6.54 Å². The van der Waals surface area contributed by atoms with Crippen LogP contribution in [0.15, 0.2) is 0 Å². The Hall–Kier alpha value is -1.77. The summed E-state index contributed by atoms with van der Waals surface area (Å²) in [4.78, 5) is 24.7. The topological polar surface area (TPSA) is 93.4 Å². The van der Waals surface area contributed by atoms with Gasteiger partial charge in [-0.05, 0) is 25.2 Å². The van der Waals surface area contributed by atoms with Crippen LogP contribution in [0.2, 0.25) is 0 Å². The molecule has 1 atom stereocenters. The molecule has 1 aliphatic rings. The van der Waals surface area contributed by atoms with Crippen LogP contribution in [0.25, 0.3) is 0 Å². The molecule has 0 heterocycles. The van der Waals surface area contributed by atoms with E-state index in [4.69, 9.17) is 10.4 Å². The Bertz CT molecular complexity index is 411. The lowest BCUT2D eigenvalue weighted by atomic mass is 9.72. The third kappa shape index (κ3) is 5.25. The number of nitriles is 1. The van der Waals surface area contributed by atoms with Gasteiger partial charge in [-0.25, -0.2) is 4.79 Å². The van der Waals surface area contributed by atoms with E-state index in [0.717, 1.165) is 32.1 Å². The number of carboxylic acids is 1. The molecule has 0 radical (unpaired) electrons. The second-order valence-corrected chi connectivity index (χ2v) is 6.11. The summed E-state index contributed by atoms with van der Waals surface area (Å²) in [7, 11) is 1.65. The van der Waals surface area contributed by atoms with E-state index in [1.807, 2.05) is 13.0 Å². The van der Waals surface area contributed by atoms with E-state index in [1.54, 1.807) is 7.05 Å². The maximum atomic E-state index is 12.1. The molecule has 118 valence electrons. The number of nitrogens with zero attached hydrogens (tertiary/aromatic N) is 2. The zero-order valence-corrected chi connectivity index (χ0v) is 12.9. The van der Waals surface area contributed by atoms with Gasteiger partial charge in [0.15, 0.2) is 0 Å². The second kappa shape index (κ2) is 7.87. The van der Waals surface area contributed by atoms with Crippen LogP contribution >= 0.6 is 0 Å². The lowest BCUT2D eigenvalue weighted by Crippen LogP contribution is -2.47. The molecule has 0 saturated heterocycles. The number of nitrogens with one attached hydrogen (secondary N) is 1. The molecule has 0 bridgehead atoms. The molecule has 0 aliphatic heterocycles. The van der Waals surface area contributed by atoms with Gasteiger partial charge in [-0.15, -0.1) is 0 Å². The molecule has 1 saturated carbocycles. The first-order valence-corrected chi connectivity index (χ1v) is 7.49. The van der Waals surface area contributed by atoms with Crippen molar-refractivity contribution in [1.29, 1.82) is 5.26 Å². The predicted molar refractivity (Wildman–Crippen MR) is 78.6 cm³/mol. The van der Waals surface area contributed by atoms with E-state index >= 15 is 0 Å². The van der Waals surface area contributed by atoms with Crippen molar-refractivity contribution < 1.29 is 14.7 Å². The van der Waals surface area contributed by atoms with Crippen LogP contribution in [0.5, 0.6) is 0 Å². The van der Waals surface area contributed by atoms with E-state index < -0.39 is 5.97 Å². The average Bonchev–Trinajstić information content (AvgIpc) is 2.44. The Kier molecular flexibility index (Phi) is 6.47. The van der Waals surface area contributed by atoms with Gasteiger partial charge in [0.05, 0.1) is 18.9 Å². The van der Waals surface area contributed by atoms with Gasteiger partial charge in [-0.2, -0.15) is 5.26 Å². The Morgan fingerprint density at radius 2 is 2.00 bits per heavy atom. The maximum absolute atomic E-state index is 12.1. The molecule has 1 rings (SSSR count). The molecule has 1 unspecified atom stereocenters. The van der Waals surface area contributed by atoms with Crippen LogP contribution in [-0.2, 0) is 4.79 Å². The monoisotopic (exact) mass is 295 g/mol. The summed E-state index contributed by atoms with van der Waals surface area (Å²) in [5, 5.41) is 20.6. The lowest BCUT2D eigenvalue weighted by molar-refractivity contribution is -0.140. The van der Waals surface area contributed by atoms with Crippen LogP contribution in [0.1, 0.15) is 51.9 Å². The number of carbonyl (C=O) groups excluding carboxylic acids is 1. The van der Waals surface area contributed by atoms with E-state index in [-0.39, 0.29) is 30.3 Å². The van der Waals surface area contributed by atoms with Crippen LogP contribution in [-0.4, -0.2) is 41.6 Å². The van der Waals surface area contributed by atoms with Crippen molar-refractivity contribution in [3.8, 4) is 6.07 Å². The fraction of sp³-hybridized carbons (Fsp3) is 0.800. The van der Waals surface area contributed by atoms with E-state index in [9.17, 15) is 9.59 Å². The van der Waals surface area contributed by atoms with Crippen molar-refractivity contribution in [1.82, 2.24) is 10.2 Å². The van der Waals surface area contributed by atoms with Gasteiger partial charge >= 0.3 is 12.0 Å². The summed E-state index contributed by atoms with van der Waals surface area (Å²) in [6.07, 6.45) is 5.24. The minimum atomic E-state index is -0.808. The normalized spacial score (nSPS) is 18.3. The quantitative estimate of drug-likeness (QED) is 0.786. The number of urea groups is 1. The third-order valence-corrected chi connectivity index (χ3v) is 4.42. The van der Waals surface area contributed by atoms with Crippen LogP contribution in [0, 0.1) is 16.7 Å². The van der Waals surface area contributed by atoms with E-state index in [1.165, 1.54) is 4.90 Å². The Morgan fingerprint density at radius 1 is 1.38 bits per heavy atom. The molecule has 2 amide bonds. The smallest absolute Gasteiger partial charge is 0.317 e. The van der Waals surface area contributed by atoms with Gasteiger partial charge in [0.2, 0.25) is 0 Å². The Morgan fingerprint density at radius 3 is 2.52 bits per heavy atom. The summed E-state index contributed by atoms with van der Waals surface area (Å²) in [5.41, 5.74) is -0.320. The molecule has 6 heteroatoms. The molecule has 0 aromatic carbocycles. The van der Waals surface area contributed by atoms with Gasteiger partial charge < -0.3 is 15.3 Å². The van der Waals surface area contributed by atoms with Gasteiger partial charge in [0.25, 0.3) is 0 Å². The minimum absolute atomic E-state index is 0.102. The first-order chi connectivity index (χ1) is 9.90. The van der Waals surface area contributed by atoms with Crippen LogP contribution in [0.4, 0.5) is 4.79 Å². The number of hydrogen-bond acceptors (Lipinski definition) is 3. The molecule has 0 spiro atoms. The minimum Gasteiger partial charge on any atom is -0.481 e. The van der Waals surface area contributed by atoms with Crippen molar-refractivity contribution >= 4 is 12.0 Å². The third-order valence-electron chi connectivity index (χ3n) is 4.42. The summed E-state index contributed by atoms with van der Waals surface area (Å²) in [6, 6.07) is 1.64. The molecular formula is C15H25N3O3. The molecule has 0 aromatic heterocycles. The van der Waals surface area contributed by atoms with Crippen molar-refractivity contribution in [2.24, 2.45) is 5.41 Å². The lowest BCUT2D eigenvalue weighted by Gasteiger charge is -2.37. The van der Waals surface area contributed by atoms with Gasteiger partial charge in [-0.1, -0.05) is 19.3 Å². The Labute approximate surface area is 126 Å². The fourth-order valence-corrected chi connectivity index (χ4v) is 2.90. The largest absolute Gasteiger partial charge is 0.481 e. The zero-order valence-electron chi connectivity index (χ0n) is 12.9. The number of hydrogen-bond donors (Lipinski definition) is 2. The van der Waals surface area contributed by atoms with Gasteiger partial charge in [0, 0.05) is 19.6 Å². The van der Waals surface area contributed by atoms with Crippen molar-refractivity contribution in [3.63, 3.8) is 0 Å². The first-order valence-electron chi connectivity index (χ1n) is 7.49. The molecule has 1 fully saturated rings. The van der Waals surface area contributed by atoms with E-state index in [2.05, 4.69) is 5.32 Å². The summed E-state index contributed by atoms with van der Waals surface area (Å²) >= 11 is 0. The van der Waals surface area contributed by atoms with Crippen LogP contribution in [0.3, 0.4) is 0 Å². The maximum Gasteiger partial charge on any atom is 0.317 e. The molecule has 0 aromatic rings. The summed E-state index contributed by atoms with van der Waals surface area (Å²) < 4.78 is 0. The first kappa shape index (κ1) is 17.3. The highest BCUT2D eigenvalue weighted by molar-refractivity contribution is 5.74. The zero-order chi connectivity index (χ0) is 15.9. The highest BCUT2D eigenvalue weighted by atomic mass is 16.4. The van der Waals surface area contributed by atoms with Crippen molar-refractivity contribution in [2.75, 3.05) is 13.6 Å². The molecular weight excluding hydrogens is 270 g/mol. The second-order valence-electron chi connectivity index (χ2n) is 6.11. The number of aliphatic carboxylic acids is 1. The number of rotatable bonds is 6. The molecule has 1 aliphatic carbocycles. The number of carbonyl (C=O) groups is 2. The number of carboxylic acid groups (broad SMARTS) is 1. The fourth-order valence-electron chi connectivity index (χ4n) is 2.90. The van der Waals surface area contributed by atoms with Crippen LogP contribution < -0.4 is 5.32 Å². The average molecular weight is 295 g/mol. The van der Waals surface area contributed by atoms with Gasteiger partial charge in [0.1, 0.15) is 0 Å². The SMILES string of the molecule is CC(CC#N)N(C)C(=O)NCC1(CC(=O)O)CCCCC1. The number of amides is 2. The molecule has 2 N–H and O–H groups in total. The Balaban J connectivity index is 2.58. The molecule has 6 nitrogen and oxygen atoms in total. The summed E-state index contributed by atoms with van der Waals surface area (Å²) in [6.45, 7) is 2.21. The van der Waals surface area contributed by atoms with Crippen molar-refractivity contribution in [3.05, 3.63) is 0 Å².